The van der Waals surface area contributed by atoms with Crippen LogP contribution < -0.4 is 4.72 Å². The number of aromatic nitrogens is 3. The molecule has 150 valence electrons. The molecule has 1 N–H and O–H groups in total. The standard InChI is InChI=1S/C21H22N4O3S/c1-14-21(15(2)28-23-14)29(26,27)24-17-11-8-16(9-12-17)10-13-20-22-18-6-4-5-7-19(18)25(20)3/h4-9,11-12,24H,10,13H2,1-3H3. The number of benzene rings is 2. The Hall–Kier alpha value is -3.13. The second kappa shape index (κ2) is 7.36. The number of para-hydroxylation sites is 2. The van der Waals surface area contributed by atoms with Crippen molar-refractivity contribution in [2.24, 2.45) is 7.05 Å². The van der Waals surface area contributed by atoms with Gasteiger partial charge in [0.05, 0.1) is 11.0 Å². The van der Waals surface area contributed by atoms with Gasteiger partial charge in [-0.05, 0) is 50.1 Å². The average Bonchev–Trinajstić information content (AvgIpc) is 3.20. The molecule has 2 heterocycles. The van der Waals surface area contributed by atoms with Gasteiger partial charge in [0.2, 0.25) is 0 Å². The van der Waals surface area contributed by atoms with E-state index < -0.39 is 10.0 Å². The SMILES string of the molecule is Cc1noc(C)c1S(=O)(=O)Nc1ccc(CCc2nc3ccccc3n2C)cc1. The zero-order valence-electron chi connectivity index (χ0n) is 16.5. The lowest BCUT2D eigenvalue weighted by Crippen LogP contribution is -2.14. The predicted octanol–water partition coefficient (Wildman–Crippen LogP) is 3.76. The highest BCUT2D eigenvalue weighted by atomic mass is 32.2. The predicted molar refractivity (Wildman–Crippen MR) is 111 cm³/mol. The van der Waals surface area contributed by atoms with E-state index in [9.17, 15) is 8.42 Å². The molecule has 0 spiro atoms. The van der Waals surface area contributed by atoms with Crippen molar-refractivity contribution in [2.75, 3.05) is 4.72 Å². The maximum Gasteiger partial charge on any atom is 0.267 e. The van der Waals surface area contributed by atoms with E-state index in [1.54, 1.807) is 26.0 Å². The molecule has 0 fully saturated rings. The zero-order chi connectivity index (χ0) is 20.6. The number of anilines is 1. The van der Waals surface area contributed by atoms with Gasteiger partial charge in [-0.2, -0.15) is 0 Å². The lowest BCUT2D eigenvalue weighted by atomic mass is 10.1. The van der Waals surface area contributed by atoms with Crippen molar-refractivity contribution in [3.8, 4) is 0 Å². The van der Waals surface area contributed by atoms with Crippen molar-refractivity contribution >= 4 is 26.7 Å². The normalized spacial score (nSPS) is 11.8. The van der Waals surface area contributed by atoms with Gasteiger partial charge in [0.25, 0.3) is 10.0 Å². The lowest BCUT2D eigenvalue weighted by molar-refractivity contribution is 0.390. The Morgan fingerprint density at radius 1 is 1.03 bits per heavy atom. The Kier molecular flexibility index (Phi) is 4.87. The van der Waals surface area contributed by atoms with Gasteiger partial charge in [-0.15, -0.1) is 0 Å². The van der Waals surface area contributed by atoms with Crippen LogP contribution >= 0.6 is 0 Å². The lowest BCUT2D eigenvalue weighted by Gasteiger charge is -2.09. The average molecular weight is 410 g/mol. The first kappa shape index (κ1) is 19.2. The van der Waals surface area contributed by atoms with Gasteiger partial charge in [-0.1, -0.05) is 29.4 Å². The number of aryl methyl sites for hydroxylation is 5. The molecule has 4 rings (SSSR count). The van der Waals surface area contributed by atoms with Crippen LogP contribution in [-0.4, -0.2) is 23.1 Å². The molecule has 2 aromatic heterocycles. The maximum absolute atomic E-state index is 12.6. The van der Waals surface area contributed by atoms with E-state index in [0.29, 0.717) is 11.4 Å². The van der Waals surface area contributed by atoms with E-state index in [-0.39, 0.29) is 10.7 Å². The summed E-state index contributed by atoms with van der Waals surface area (Å²) in [6.07, 6.45) is 1.61. The molecule has 0 aliphatic heterocycles. The minimum absolute atomic E-state index is 0.0865. The van der Waals surface area contributed by atoms with Gasteiger partial charge in [-0.3, -0.25) is 4.72 Å². The summed E-state index contributed by atoms with van der Waals surface area (Å²) in [7, 11) is -1.71. The zero-order valence-corrected chi connectivity index (χ0v) is 17.3. The number of hydrogen-bond donors (Lipinski definition) is 1. The Labute approximate surface area is 169 Å². The molecule has 0 aliphatic carbocycles. The third-order valence-electron chi connectivity index (χ3n) is 4.96. The molecule has 0 bridgehead atoms. The number of sulfonamides is 1. The van der Waals surface area contributed by atoms with Crippen molar-refractivity contribution in [2.45, 2.75) is 31.6 Å². The van der Waals surface area contributed by atoms with Crippen LogP contribution in [0.25, 0.3) is 11.0 Å². The molecule has 0 amide bonds. The fourth-order valence-electron chi connectivity index (χ4n) is 3.48. The number of rotatable bonds is 6. The second-order valence-corrected chi connectivity index (χ2v) is 8.65. The Morgan fingerprint density at radius 2 is 1.76 bits per heavy atom. The van der Waals surface area contributed by atoms with Crippen LogP contribution in [0.3, 0.4) is 0 Å². The molecule has 0 atom stereocenters. The van der Waals surface area contributed by atoms with E-state index in [1.165, 1.54) is 0 Å². The van der Waals surface area contributed by atoms with E-state index in [2.05, 4.69) is 20.5 Å². The van der Waals surface area contributed by atoms with E-state index >= 15 is 0 Å². The maximum atomic E-state index is 12.6. The summed E-state index contributed by atoms with van der Waals surface area (Å²) < 4.78 is 34.9. The van der Waals surface area contributed by atoms with Crippen LogP contribution in [-0.2, 0) is 29.9 Å². The summed E-state index contributed by atoms with van der Waals surface area (Å²) in [6.45, 7) is 3.19. The molecular weight excluding hydrogens is 388 g/mol. The largest absolute Gasteiger partial charge is 0.360 e. The topological polar surface area (TPSA) is 90.0 Å². The summed E-state index contributed by atoms with van der Waals surface area (Å²) >= 11 is 0. The number of imidazole rings is 1. The molecular formula is C21H22N4O3S. The van der Waals surface area contributed by atoms with Crippen LogP contribution in [0, 0.1) is 13.8 Å². The van der Waals surface area contributed by atoms with Crippen molar-refractivity contribution in [1.29, 1.82) is 0 Å². The van der Waals surface area contributed by atoms with Gasteiger partial charge in [0.1, 0.15) is 11.5 Å². The molecule has 2 aromatic carbocycles. The number of hydrogen-bond acceptors (Lipinski definition) is 5. The quantitative estimate of drug-likeness (QED) is 0.523. The van der Waals surface area contributed by atoms with Crippen molar-refractivity contribution in [3.05, 3.63) is 71.4 Å². The summed E-state index contributed by atoms with van der Waals surface area (Å²) in [5, 5.41) is 3.71. The number of nitrogens with zero attached hydrogens (tertiary/aromatic N) is 3. The second-order valence-electron chi connectivity index (χ2n) is 7.03. The molecule has 0 saturated carbocycles. The first-order valence-corrected chi connectivity index (χ1v) is 10.8. The Balaban J connectivity index is 1.46. The summed E-state index contributed by atoms with van der Waals surface area (Å²) in [5.41, 5.74) is 4.06. The third kappa shape index (κ3) is 3.75. The Morgan fingerprint density at radius 3 is 2.41 bits per heavy atom. The fourth-order valence-corrected chi connectivity index (χ4v) is 4.87. The molecule has 4 aromatic rings. The fraction of sp³-hybridized carbons (Fsp3) is 0.238. The van der Waals surface area contributed by atoms with E-state index in [1.807, 2.05) is 37.4 Å². The van der Waals surface area contributed by atoms with Crippen LogP contribution in [0.5, 0.6) is 0 Å². The first-order chi connectivity index (χ1) is 13.8. The van der Waals surface area contributed by atoms with Crippen molar-refractivity contribution in [1.82, 2.24) is 14.7 Å². The minimum atomic E-state index is -3.74. The molecule has 0 unspecified atom stereocenters. The van der Waals surface area contributed by atoms with Crippen LogP contribution in [0.1, 0.15) is 22.8 Å². The van der Waals surface area contributed by atoms with E-state index in [4.69, 9.17) is 9.51 Å². The summed E-state index contributed by atoms with van der Waals surface area (Å²) in [5.74, 6) is 1.29. The van der Waals surface area contributed by atoms with Gasteiger partial charge in [-0.25, -0.2) is 13.4 Å². The van der Waals surface area contributed by atoms with E-state index in [0.717, 1.165) is 35.3 Å². The smallest absolute Gasteiger partial charge is 0.267 e. The third-order valence-corrected chi connectivity index (χ3v) is 6.58. The Bertz CT molecular complexity index is 1250. The number of nitrogens with one attached hydrogen (secondary N) is 1. The molecule has 0 saturated heterocycles. The van der Waals surface area contributed by atoms with Crippen molar-refractivity contribution in [3.63, 3.8) is 0 Å². The highest BCUT2D eigenvalue weighted by Crippen LogP contribution is 2.23. The highest BCUT2D eigenvalue weighted by Gasteiger charge is 2.24. The molecule has 0 aliphatic rings. The van der Waals surface area contributed by atoms with Gasteiger partial charge < -0.3 is 9.09 Å². The molecule has 7 nitrogen and oxygen atoms in total. The van der Waals surface area contributed by atoms with Gasteiger partial charge in [0.15, 0.2) is 10.7 Å². The minimum Gasteiger partial charge on any atom is -0.360 e. The monoisotopic (exact) mass is 410 g/mol. The van der Waals surface area contributed by atoms with Gasteiger partial charge in [0, 0.05) is 19.2 Å². The van der Waals surface area contributed by atoms with Gasteiger partial charge >= 0.3 is 0 Å². The molecule has 29 heavy (non-hydrogen) atoms. The summed E-state index contributed by atoms with van der Waals surface area (Å²) in [6, 6.07) is 15.4. The summed E-state index contributed by atoms with van der Waals surface area (Å²) in [4.78, 5) is 4.78. The first-order valence-electron chi connectivity index (χ1n) is 9.30. The van der Waals surface area contributed by atoms with Crippen LogP contribution in [0.4, 0.5) is 5.69 Å². The molecule has 0 radical (unpaired) electrons. The molecule has 8 heteroatoms. The van der Waals surface area contributed by atoms with Crippen molar-refractivity contribution < 1.29 is 12.9 Å². The number of fused-ring (bicyclic) bond motifs is 1. The highest BCUT2D eigenvalue weighted by molar-refractivity contribution is 7.92. The van der Waals surface area contributed by atoms with Crippen LogP contribution in [0.15, 0.2) is 57.9 Å². The van der Waals surface area contributed by atoms with Crippen LogP contribution in [0.2, 0.25) is 0 Å².